The van der Waals surface area contributed by atoms with E-state index in [0.29, 0.717) is 0 Å². The van der Waals surface area contributed by atoms with Crippen molar-refractivity contribution in [3.8, 4) is 0 Å². The number of nitrogens with zero attached hydrogens (tertiary/aromatic N) is 4. The van der Waals surface area contributed by atoms with Crippen LogP contribution >= 0.6 is 11.6 Å². The molecular weight excluding hydrogens is 168 g/mol. The van der Waals surface area contributed by atoms with Gasteiger partial charge in [-0.05, 0) is 11.6 Å². The summed E-state index contributed by atoms with van der Waals surface area (Å²) in [7, 11) is 0. The first-order valence-electron chi connectivity index (χ1n) is 2.52. The number of rotatable bonds is 1. The van der Waals surface area contributed by atoms with Crippen LogP contribution in [0.4, 0.5) is 11.9 Å². The van der Waals surface area contributed by atoms with Crippen LogP contribution in [-0.4, -0.2) is 21.0 Å². The van der Waals surface area contributed by atoms with Crippen LogP contribution in [0.15, 0.2) is 4.99 Å². The van der Waals surface area contributed by atoms with E-state index in [1.807, 2.05) is 0 Å². The summed E-state index contributed by atoms with van der Waals surface area (Å²) in [6.45, 7) is 0. The fraction of sp³-hybridized carbons (Fsp3) is 0. The van der Waals surface area contributed by atoms with Gasteiger partial charge in [0.1, 0.15) is 0 Å². The maximum Gasteiger partial charge on any atom is 0.265 e. The van der Waals surface area contributed by atoms with Crippen molar-refractivity contribution in [2.75, 3.05) is 5.73 Å². The molecule has 0 aliphatic rings. The summed E-state index contributed by atoms with van der Waals surface area (Å²) in [6.07, 6.45) is 0. The molecule has 0 aliphatic carbocycles. The van der Waals surface area contributed by atoms with Crippen molar-refractivity contribution in [3.63, 3.8) is 0 Å². The molecule has 0 bridgehead atoms. The zero-order valence-electron chi connectivity index (χ0n) is 5.24. The Morgan fingerprint density at radius 1 is 1.45 bits per heavy atom. The highest BCUT2D eigenvalue weighted by molar-refractivity contribution is 6.28. The summed E-state index contributed by atoms with van der Waals surface area (Å²) >= 11 is 5.39. The summed E-state index contributed by atoms with van der Waals surface area (Å²) in [5, 5.41) is 6.43. The summed E-state index contributed by atoms with van der Waals surface area (Å²) in [5.74, 6) is -0.0449. The zero-order chi connectivity index (χ0) is 8.27. The van der Waals surface area contributed by atoms with E-state index in [0.717, 1.165) is 0 Å². The van der Waals surface area contributed by atoms with Gasteiger partial charge in [-0.2, -0.15) is 15.0 Å². The van der Waals surface area contributed by atoms with Crippen molar-refractivity contribution in [3.05, 3.63) is 5.28 Å². The third-order valence-corrected chi connectivity index (χ3v) is 0.939. The van der Waals surface area contributed by atoms with Gasteiger partial charge in [0.05, 0.1) is 6.01 Å². The Kier molecular flexibility index (Phi) is 2.10. The molecule has 0 amide bonds. The molecule has 0 aliphatic heterocycles. The van der Waals surface area contributed by atoms with Crippen molar-refractivity contribution >= 4 is 29.5 Å². The second-order valence-electron chi connectivity index (χ2n) is 1.49. The molecule has 6 nitrogen and oxygen atoms in total. The van der Waals surface area contributed by atoms with E-state index in [-0.39, 0.29) is 17.2 Å². The number of nitrogens with two attached hydrogens (primary N) is 1. The molecule has 0 fully saturated rings. The van der Waals surface area contributed by atoms with E-state index in [2.05, 4.69) is 19.9 Å². The van der Waals surface area contributed by atoms with Gasteiger partial charge in [-0.3, -0.25) is 0 Å². The maximum atomic E-state index is 6.48. The van der Waals surface area contributed by atoms with Crippen LogP contribution < -0.4 is 5.73 Å². The normalized spacial score (nSPS) is 8.82. The van der Waals surface area contributed by atoms with Gasteiger partial charge in [0, 0.05) is 0 Å². The van der Waals surface area contributed by atoms with Crippen LogP contribution in [-0.2, 0) is 0 Å². The number of halogens is 1. The number of hydrogen-bond donors (Lipinski definition) is 2. The third-order valence-electron chi connectivity index (χ3n) is 0.770. The number of aliphatic imine (C=N–C) groups is 1. The molecule has 0 aromatic carbocycles. The van der Waals surface area contributed by atoms with Crippen molar-refractivity contribution in [1.29, 1.82) is 5.41 Å². The Labute approximate surface area is 66.7 Å². The van der Waals surface area contributed by atoms with Gasteiger partial charge in [0.25, 0.3) is 5.95 Å². The zero-order valence-corrected chi connectivity index (χ0v) is 6.00. The minimum Gasteiger partial charge on any atom is -0.368 e. The molecule has 0 saturated carbocycles. The monoisotopic (exact) mass is 170 g/mol. The minimum atomic E-state index is -0.0495. The summed E-state index contributed by atoms with van der Waals surface area (Å²) in [4.78, 5) is 13.9. The second kappa shape index (κ2) is 3.05. The molecule has 7 heteroatoms. The maximum absolute atomic E-state index is 6.48. The molecule has 11 heavy (non-hydrogen) atoms. The number of nitrogen functional groups attached to an aromatic ring is 1. The minimum absolute atomic E-state index is 0.0162. The fourth-order valence-corrected chi connectivity index (χ4v) is 0.617. The first-order valence-corrected chi connectivity index (χ1v) is 2.89. The molecule has 56 valence electrons. The highest BCUT2D eigenvalue weighted by Crippen LogP contribution is 2.08. The number of hydrogen-bond acceptors (Lipinski definition) is 6. The topological polar surface area (TPSA) is 101 Å². The van der Waals surface area contributed by atoms with E-state index < -0.39 is 0 Å². The predicted molar refractivity (Wildman–Crippen MR) is 39.1 cm³/mol. The van der Waals surface area contributed by atoms with E-state index >= 15 is 0 Å². The van der Waals surface area contributed by atoms with E-state index in [1.54, 1.807) is 6.01 Å². The SMILES string of the molecule is N=C=Nc1nc(N)nc(Cl)n1. The van der Waals surface area contributed by atoms with Crippen LogP contribution in [0.2, 0.25) is 5.28 Å². The average Bonchev–Trinajstić information content (AvgIpc) is 1.85. The molecule has 1 rings (SSSR count). The van der Waals surface area contributed by atoms with Gasteiger partial charge in [-0.1, -0.05) is 0 Å². The molecule has 0 radical (unpaired) electrons. The van der Waals surface area contributed by atoms with Gasteiger partial charge in [0.2, 0.25) is 11.2 Å². The van der Waals surface area contributed by atoms with E-state index in [4.69, 9.17) is 22.7 Å². The van der Waals surface area contributed by atoms with Gasteiger partial charge in [-0.15, -0.1) is 4.99 Å². The van der Waals surface area contributed by atoms with Crippen molar-refractivity contribution in [1.82, 2.24) is 15.0 Å². The highest BCUT2D eigenvalue weighted by Gasteiger charge is 1.98. The predicted octanol–water partition coefficient (Wildman–Crippen LogP) is 0.491. The first kappa shape index (κ1) is 7.59. The molecule has 1 heterocycles. The van der Waals surface area contributed by atoms with Crippen LogP contribution in [0.25, 0.3) is 0 Å². The number of nitrogens with one attached hydrogen (secondary N) is 1. The van der Waals surface area contributed by atoms with E-state index in [1.165, 1.54) is 0 Å². The first-order chi connectivity index (χ1) is 5.22. The third kappa shape index (κ3) is 1.96. The van der Waals surface area contributed by atoms with Crippen molar-refractivity contribution < 1.29 is 0 Å². The lowest BCUT2D eigenvalue weighted by Gasteiger charge is -1.91. The molecule has 0 unspecified atom stereocenters. The molecule has 0 saturated heterocycles. The Hall–Kier alpha value is -1.52. The lowest BCUT2D eigenvalue weighted by Crippen LogP contribution is -1.96. The molecule has 1 aromatic heterocycles. The van der Waals surface area contributed by atoms with Gasteiger partial charge in [0.15, 0.2) is 0 Å². The lowest BCUT2D eigenvalue weighted by molar-refractivity contribution is 1.05. The van der Waals surface area contributed by atoms with Gasteiger partial charge >= 0.3 is 0 Å². The number of anilines is 1. The second-order valence-corrected chi connectivity index (χ2v) is 1.82. The Balaban J connectivity index is 3.18. The standard InChI is InChI=1S/C4H3ClN6/c5-2-9-3(7)11-4(10-2)8-1-6/h6H,(H2,7,9,10,11). The largest absolute Gasteiger partial charge is 0.368 e. The highest BCUT2D eigenvalue weighted by atomic mass is 35.5. The quantitative estimate of drug-likeness (QED) is 0.599. The Morgan fingerprint density at radius 2 is 2.18 bits per heavy atom. The Bertz CT molecular complexity index is 296. The van der Waals surface area contributed by atoms with Crippen LogP contribution in [0.1, 0.15) is 0 Å². The lowest BCUT2D eigenvalue weighted by atomic mass is 10.9. The summed E-state index contributed by atoms with van der Waals surface area (Å²) in [5.41, 5.74) is 5.19. The smallest absolute Gasteiger partial charge is 0.265 e. The molecule has 0 atom stereocenters. The summed E-state index contributed by atoms with van der Waals surface area (Å²) < 4.78 is 0. The van der Waals surface area contributed by atoms with Gasteiger partial charge in [-0.25, -0.2) is 5.41 Å². The molecule has 1 aromatic rings. The fourth-order valence-electron chi connectivity index (χ4n) is 0.454. The van der Waals surface area contributed by atoms with Crippen molar-refractivity contribution in [2.45, 2.75) is 0 Å². The van der Waals surface area contributed by atoms with Gasteiger partial charge < -0.3 is 5.73 Å². The van der Waals surface area contributed by atoms with Crippen LogP contribution in [0, 0.1) is 5.41 Å². The van der Waals surface area contributed by atoms with Crippen LogP contribution in [0.3, 0.4) is 0 Å². The van der Waals surface area contributed by atoms with Crippen LogP contribution in [0.5, 0.6) is 0 Å². The number of aromatic nitrogens is 3. The summed E-state index contributed by atoms with van der Waals surface area (Å²) in [6, 6.07) is 1.75. The average molecular weight is 171 g/mol. The molecule has 3 N–H and O–H groups in total. The van der Waals surface area contributed by atoms with E-state index in [9.17, 15) is 0 Å². The molecule has 0 spiro atoms. The molecular formula is C4H3ClN6. The van der Waals surface area contributed by atoms with Crippen molar-refractivity contribution in [2.24, 2.45) is 4.99 Å². The Morgan fingerprint density at radius 3 is 2.73 bits per heavy atom.